The van der Waals surface area contributed by atoms with Crippen LogP contribution >= 0.6 is 11.6 Å². The summed E-state index contributed by atoms with van der Waals surface area (Å²) in [4.78, 5) is 23.1. The maximum atomic E-state index is 12.5. The molecule has 1 aliphatic heterocycles. The minimum absolute atomic E-state index is 0.201. The van der Waals surface area contributed by atoms with Crippen LogP contribution in [0.25, 0.3) is 0 Å². The van der Waals surface area contributed by atoms with Crippen molar-refractivity contribution in [2.45, 2.75) is 13.0 Å². The molecule has 3 rings (SSSR count). The largest absolute Gasteiger partial charge is 0.486 e. The zero-order valence-corrected chi connectivity index (χ0v) is 14.0. The highest BCUT2D eigenvalue weighted by molar-refractivity contribution is 6.31. The van der Waals surface area contributed by atoms with Gasteiger partial charge in [-0.2, -0.15) is 0 Å². The Labute approximate surface area is 148 Å². The second kappa shape index (κ2) is 6.98. The highest BCUT2D eigenvalue weighted by Gasteiger charge is 2.28. The van der Waals surface area contributed by atoms with Crippen molar-refractivity contribution in [1.29, 1.82) is 0 Å². The number of hydrogen-bond donors (Lipinski definition) is 0. The van der Waals surface area contributed by atoms with Crippen molar-refractivity contribution < 1.29 is 23.9 Å². The first kappa shape index (κ1) is 17.0. The van der Waals surface area contributed by atoms with Gasteiger partial charge < -0.3 is 14.2 Å². The van der Waals surface area contributed by atoms with E-state index in [2.05, 4.69) is 0 Å². The standard InChI is InChI=1S/C17H14ClNO6/c1-10(11-4-2-3-5-13(11)18)25-17(20)12-8-15-16(24-7-6-23-15)9-14(12)19(21)22/h2-5,8-10H,6-7H2,1H3/t10-/m0/s1. The van der Waals surface area contributed by atoms with E-state index >= 15 is 0 Å². The molecule has 2 aromatic rings. The van der Waals surface area contributed by atoms with Crippen LogP contribution in [0.3, 0.4) is 0 Å². The molecule has 0 bridgehead atoms. The predicted molar refractivity (Wildman–Crippen MR) is 89.4 cm³/mol. The lowest BCUT2D eigenvalue weighted by Crippen LogP contribution is -2.17. The van der Waals surface area contributed by atoms with Crippen LogP contribution in [0.4, 0.5) is 5.69 Å². The lowest BCUT2D eigenvalue weighted by Gasteiger charge is -2.19. The van der Waals surface area contributed by atoms with Crippen LogP contribution in [-0.2, 0) is 4.74 Å². The minimum atomic E-state index is -0.837. The summed E-state index contributed by atoms with van der Waals surface area (Å²) in [6.07, 6.45) is -0.672. The van der Waals surface area contributed by atoms with Crippen LogP contribution in [0.1, 0.15) is 28.9 Å². The molecule has 0 aromatic heterocycles. The van der Waals surface area contributed by atoms with Crippen LogP contribution in [-0.4, -0.2) is 24.1 Å². The Bertz CT molecular complexity index is 838. The fraction of sp³-hybridized carbons (Fsp3) is 0.235. The van der Waals surface area contributed by atoms with E-state index in [0.29, 0.717) is 17.2 Å². The summed E-state index contributed by atoms with van der Waals surface area (Å²) in [7, 11) is 0. The summed E-state index contributed by atoms with van der Waals surface area (Å²) in [5.41, 5.74) is 0.00600. The second-order valence-electron chi connectivity index (χ2n) is 5.34. The van der Waals surface area contributed by atoms with Crippen molar-refractivity contribution in [2.75, 3.05) is 13.2 Å². The SMILES string of the molecule is C[C@H](OC(=O)c1cc2c(cc1[N+](=O)[O-])OCCO2)c1ccccc1Cl. The summed E-state index contributed by atoms with van der Waals surface area (Å²) in [5.74, 6) is -0.334. The molecule has 0 aliphatic carbocycles. The van der Waals surface area contributed by atoms with Crippen LogP contribution in [0.15, 0.2) is 36.4 Å². The van der Waals surface area contributed by atoms with E-state index in [1.54, 1.807) is 31.2 Å². The molecule has 130 valence electrons. The summed E-state index contributed by atoms with van der Waals surface area (Å²) >= 11 is 6.09. The third kappa shape index (κ3) is 3.51. The van der Waals surface area contributed by atoms with Gasteiger partial charge in [0, 0.05) is 16.7 Å². The summed E-state index contributed by atoms with van der Waals surface area (Å²) < 4.78 is 16.1. The third-order valence-electron chi connectivity index (χ3n) is 3.70. The maximum Gasteiger partial charge on any atom is 0.345 e. The van der Waals surface area contributed by atoms with Gasteiger partial charge in [0.05, 0.1) is 11.0 Å². The summed E-state index contributed by atoms with van der Waals surface area (Å²) in [5, 5.41) is 11.7. The van der Waals surface area contributed by atoms with E-state index in [0.717, 1.165) is 0 Å². The van der Waals surface area contributed by atoms with Gasteiger partial charge in [-0.1, -0.05) is 29.8 Å². The normalized spacial score (nSPS) is 13.8. The fourth-order valence-electron chi connectivity index (χ4n) is 2.48. The van der Waals surface area contributed by atoms with Gasteiger partial charge in [-0.15, -0.1) is 0 Å². The molecule has 0 unspecified atom stereocenters. The van der Waals surface area contributed by atoms with Crippen LogP contribution in [0.5, 0.6) is 11.5 Å². The topological polar surface area (TPSA) is 87.9 Å². The number of halogens is 1. The number of fused-ring (bicyclic) bond motifs is 1. The predicted octanol–water partition coefficient (Wildman–Crippen LogP) is 3.94. The quantitative estimate of drug-likeness (QED) is 0.464. The smallest absolute Gasteiger partial charge is 0.345 e. The van der Waals surface area contributed by atoms with E-state index in [4.69, 9.17) is 25.8 Å². The first-order chi connectivity index (χ1) is 12.0. The van der Waals surface area contributed by atoms with Crippen molar-refractivity contribution in [3.63, 3.8) is 0 Å². The number of ether oxygens (including phenoxy) is 3. The molecule has 1 heterocycles. The Kier molecular flexibility index (Phi) is 4.76. The van der Waals surface area contributed by atoms with Gasteiger partial charge >= 0.3 is 5.97 Å². The zero-order valence-electron chi connectivity index (χ0n) is 13.2. The Balaban J connectivity index is 1.91. The zero-order chi connectivity index (χ0) is 18.0. The Hall–Kier alpha value is -2.80. The highest BCUT2D eigenvalue weighted by Crippen LogP contribution is 2.37. The van der Waals surface area contributed by atoms with E-state index in [1.165, 1.54) is 12.1 Å². The molecule has 0 spiro atoms. The molecule has 0 fully saturated rings. The van der Waals surface area contributed by atoms with E-state index < -0.39 is 22.7 Å². The molecule has 1 atom stereocenters. The number of benzene rings is 2. The van der Waals surface area contributed by atoms with Crippen molar-refractivity contribution in [2.24, 2.45) is 0 Å². The van der Waals surface area contributed by atoms with Gasteiger partial charge in [0.25, 0.3) is 5.69 Å². The van der Waals surface area contributed by atoms with Gasteiger partial charge in [-0.25, -0.2) is 4.79 Å². The van der Waals surface area contributed by atoms with Crippen molar-refractivity contribution in [1.82, 2.24) is 0 Å². The molecule has 0 saturated carbocycles. The molecule has 0 radical (unpaired) electrons. The molecule has 2 aromatic carbocycles. The molecular weight excluding hydrogens is 350 g/mol. The van der Waals surface area contributed by atoms with E-state index in [-0.39, 0.29) is 23.7 Å². The molecular formula is C17H14ClNO6. The van der Waals surface area contributed by atoms with Crippen LogP contribution in [0.2, 0.25) is 5.02 Å². The lowest BCUT2D eigenvalue weighted by atomic mass is 10.1. The van der Waals surface area contributed by atoms with Gasteiger partial charge in [0.1, 0.15) is 24.9 Å². The Morgan fingerprint density at radius 2 is 1.88 bits per heavy atom. The molecule has 25 heavy (non-hydrogen) atoms. The number of nitro groups is 1. The fourth-order valence-corrected chi connectivity index (χ4v) is 2.77. The molecule has 0 amide bonds. The highest BCUT2D eigenvalue weighted by atomic mass is 35.5. The van der Waals surface area contributed by atoms with Crippen LogP contribution < -0.4 is 9.47 Å². The van der Waals surface area contributed by atoms with Crippen molar-refractivity contribution in [3.8, 4) is 11.5 Å². The maximum absolute atomic E-state index is 12.5. The first-order valence-electron chi connectivity index (χ1n) is 7.51. The number of carbonyl (C=O) groups excluding carboxylic acids is 1. The lowest BCUT2D eigenvalue weighted by molar-refractivity contribution is -0.385. The number of hydrogen-bond acceptors (Lipinski definition) is 6. The second-order valence-corrected chi connectivity index (χ2v) is 5.75. The molecule has 0 N–H and O–H groups in total. The average molecular weight is 364 g/mol. The monoisotopic (exact) mass is 363 g/mol. The first-order valence-corrected chi connectivity index (χ1v) is 7.88. The third-order valence-corrected chi connectivity index (χ3v) is 4.05. The number of rotatable bonds is 4. The Morgan fingerprint density at radius 3 is 2.52 bits per heavy atom. The number of carbonyl (C=O) groups is 1. The molecule has 1 aliphatic rings. The number of esters is 1. The van der Waals surface area contributed by atoms with Gasteiger partial charge in [-0.05, 0) is 13.0 Å². The van der Waals surface area contributed by atoms with Gasteiger partial charge in [0.15, 0.2) is 11.5 Å². The minimum Gasteiger partial charge on any atom is -0.486 e. The molecule has 0 saturated heterocycles. The van der Waals surface area contributed by atoms with E-state index in [9.17, 15) is 14.9 Å². The van der Waals surface area contributed by atoms with Gasteiger partial charge in [0.2, 0.25) is 0 Å². The number of nitro benzene ring substituents is 1. The van der Waals surface area contributed by atoms with Crippen molar-refractivity contribution in [3.05, 3.63) is 62.7 Å². The number of nitrogens with zero attached hydrogens (tertiary/aromatic N) is 1. The molecule has 8 heteroatoms. The van der Waals surface area contributed by atoms with Crippen molar-refractivity contribution >= 4 is 23.3 Å². The van der Waals surface area contributed by atoms with Crippen LogP contribution in [0, 0.1) is 10.1 Å². The average Bonchev–Trinajstić information content (AvgIpc) is 2.60. The molecule has 7 nitrogen and oxygen atoms in total. The Morgan fingerprint density at radius 1 is 1.24 bits per heavy atom. The summed E-state index contributed by atoms with van der Waals surface area (Å²) in [6.45, 7) is 2.23. The van der Waals surface area contributed by atoms with Gasteiger partial charge in [-0.3, -0.25) is 10.1 Å². The van der Waals surface area contributed by atoms with E-state index in [1.807, 2.05) is 0 Å². The summed E-state index contributed by atoms with van der Waals surface area (Å²) in [6, 6.07) is 9.36.